The number of hydrogen-bond acceptors (Lipinski definition) is 5. The quantitative estimate of drug-likeness (QED) is 0.100. The van der Waals surface area contributed by atoms with E-state index < -0.39 is 0 Å². The highest BCUT2D eigenvalue weighted by Crippen LogP contribution is 2.52. The van der Waals surface area contributed by atoms with E-state index in [1.54, 1.807) is 0 Å². The highest BCUT2D eigenvalue weighted by Gasteiger charge is 2.33. The van der Waals surface area contributed by atoms with Crippen molar-refractivity contribution in [1.82, 2.24) is 0 Å². The molecular weight excluding hydrogens is 1660 g/mol. The first kappa shape index (κ1) is 92.7. The number of benzene rings is 10. The van der Waals surface area contributed by atoms with Gasteiger partial charge in [-0.05, 0) is 214 Å². The number of aryl methyl sites for hydroxylation is 15. The first-order chi connectivity index (χ1) is 64.7. The lowest BCUT2D eigenvalue weighted by atomic mass is 9.90. The van der Waals surface area contributed by atoms with Crippen molar-refractivity contribution in [3.8, 4) is 56.3 Å². The van der Waals surface area contributed by atoms with Crippen LogP contribution in [-0.4, -0.2) is 0 Å². The van der Waals surface area contributed by atoms with Gasteiger partial charge in [0.05, 0.1) is 60.7 Å². The standard InChI is InChI=1S/5C24H23N2O/c1-14(2)17-13-16(4)20(19-9-7-8-12-26(19)6)24-22(17)21-15(3)10-11-18(25-5)23(21)27-24;1-14(2)20-16(4)13-18(25-5)24-22(20)17-11-10-15(3)21(23(17)27-24)19-9-7-8-12-26(19)6;1-14(2)20-16(4)13-18-17-11-10-15(3)21(19-9-7-8-12-26(19)6)23(17)27-24(18)22(20)25-5;1-14(2)18-13-16(4)20-17-11-10-15(3)21(19-9-7-8-12-26(19)6)23(17)27-24(20)22(18)25-5;1-14(2)17-13-16(4)21(20-9-7-8-10-26(20)6)24-22(17)18-11-15(3)12-19(25-5)23(18)27-24/h5*7-14H,1-4,6H3/q5*+1. The summed E-state index contributed by atoms with van der Waals surface area (Å²) in [4.78, 5) is 18.9. The van der Waals surface area contributed by atoms with E-state index in [-0.39, 0.29) is 11.8 Å². The SMILES string of the molecule is [C-]#[N+]c1c(C(C)C)c(C)cc2c1oc1c(-c3cccc[n+]3C)c(C)ccc12.[C-]#[N+]c1c(C(C)C)cc(C)c2c1oc1c(-c3cccc[n+]3C)c(C)ccc12.[C-]#[N+]c1cc(C)c(C(C)C)c2c1oc1c(-c3cccc[n+]3C)c(C)ccc12.[C-]#[N+]c1cc(C)cc2c1oc1c(-c3cccc[n+]3C)c(C)cc(C(C)C)c12.[C-]#[N+]c1ccc(C)c2c1oc1c(-c3cccc[n+]3C)c(C)cc(C(C)C)c12. The Balaban J connectivity index is 0.000000123. The molecule has 20 rings (SSSR count). The van der Waals surface area contributed by atoms with Crippen LogP contribution >= 0.6 is 0 Å². The van der Waals surface area contributed by atoms with Crippen molar-refractivity contribution >= 4 is 138 Å². The van der Waals surface area contributed by atoms with E-state index in [1.165, 1.54) is 27.8 Å². The predicted molar refractivity (Wildman–Crippen MR) is 551 cm³/mol. The number of furan rings is 5. The van der Waals surface area contributed by atoms with Crippen LogP contribution in [0.4, 0.5) is 28.4 Å². The van der Waals surface area contributed by atoms with E-state index in [1.807, 2.05) is 139 Å². The number of pyridine rings is 5. The molecule has 0 amide bonds. The van der Waals surface area contributed by atoms with Crippen LogP contribution in [0.1, 0.15) is 182 Å². The fraction of sp³-hybridized carbons (Fsp3) is 0.250. The lowest BCUT2D eigenvalue weighted by Crippen LogP contribution is -2.30. The summed E-state index contributed by atoms with van der Waals surface area (Å²) in [6, 6.07) is 62.5. The molecule has 20 aromatic rings. The molecule has 0 N–H and O–H groups in total. The maximum atomic E-state index is 7.79. The molecule has 10 heterocycles. The summed E-state index contributed by atoms with van der Waals surface area (Å²) >= 11 is 0. The molecule has 0 aliphatic carbocycles. The van der Waals surface area contributed by atoms with Crippen molar-refractivity contribution < 1.29 is 44.9 Å². The van der Waals surface area contributed by atoms with Crippen molar-refractivity contribution in [1.29, 1.82) is 0 Å². The third-order valence-corrected chi connectivity index (χ3v) is 26.7. The summed E-state index contributed by atoms with van der Waals surface area (Å²) < 4.78 is 42.7. The van der Waals surface area contributed by atoms with Gasteiger partial charge in [-0.15, -0.1) is 0 Å². The van der Waals surface area contributed by atoms with Crippen LogP contribution in [0, 0.1) is 102 Å². The first-order valence-corrected chi connectivity index (χ1v) is 46.3. The van der Waals surface area contributed by atoms with Gasteiger partial charge >= 0.3 is 0 Å². The molecule has 0 fully saturated rings. The average molecular weight is 1780 g/mol. The highest BCUT2D eigenvalue weighted by atomic mass is 16.3. The Morgan fingerprint density at radius 1 is 0.230 bits per heavy atom. The van der Waals surface area contributed by atoms with E-state index in [9.17, 15) is 0 Å². The molecule has 15 nitrogen and oxygen atoms in total. The topological polar surface area (TPSA) is 107 Å². The van der Waals surface area contributed by atoms with Gasteiger partial charge in [0.15, 0.2) is 31.0 Å². The molecule has 0 bridgehead atoms. The summed E-state index contributed by atoms with van der Waals surface area (Å²) in [6.45, 7) is 81.1. The summed E-state index contributed by atoms with van der Waals surface area (Å²) in [7, 11) is 10.2. The van der Waals surface area contributed by atoms with E-state index in [0.29, 0.717) is 74.1 Å². The van der Waals surface area contributed by atoms with Crippen molar-refractivity contribution in [2.45, 2.75) is 168 Å². The summed E-state index contributed by atoms with van der Waals surface area (Å²) in [6.07, 6.45) is 10.2. The van der Waals surface area contributed by atoms with Crippen molar-refractivity contribution in [3.05, 3.63) is 354 Å². The van der Waals surface area contributed by atoms with Crippen LogP contribution in [0.3, 0.4) is 0 Å². The molecule has 135 heavy (non-hydrogen) atoms. The van der Waals surface area contributed by atoms with Crippen LogP contribution in [0.25, 0.3) is 190 Å². The molecular formula is C120H115N10O5+5. The normalized spacial score (nSPS) is 11.4. The van der Waals surface area contributed by atoms with Crippen LogP contribution in [0.5, 0.6) is 0 Å². The zero-order valence-electron chi connectivity index (χ0n) is 82.1. The Bertz CT molecular complexity index is 8490. The highest BCUT2D eigenvalue weighted by molar-refractivity contribution is 6.20. The fourth-order valence-corrected chi connectivity index (χ4v) is 20.3. The summed E-state index contributed by atoms with van der Waals surface area (Å²) in [5, 5.41) is 10.8. The second-order valence-corrected chi connectivity index (χ2v) is 37.7. The zero-order valence-corrected chi connectivity index (χ0v) is 82.1. The van der Waals surface area contributed by atoms with Gasteiger partial charge in [-0.3, -0.25) is 0 Å². The van der Waals surface area contributed by atoms with Gasteiger partial charge in [-0.2, -0.15) is 0 Å². The first-order valence-electron chi connectivity index (χ1n) is 46.3. The van der Waals surface area contributed by atoms with Gasteiger partial charge in [0.2, 0.25) is 56.9 Å². The molecule has 0 atom stereocenters. The molecule has 15 heteroatoms. The van der Waals surface area contributed by atoms with Gasteiger partial charge in [0, 0.05) is 115 Å². The van der Waals surface area contributed by atoms with E-state index >= 15 is 0 Å². The molecule has 0 unspecified atom stereocenters. The van der Waals surface area contributed by atoms with Gasteiger partial charge in [0.25, 0.3) is 0 Å². The molecule has 0 saturated heterocycles. The number of nitrogens with zero attached hydrogens (tertiary/aromatic N) is 10. The Labute approximate surface area is 791 Å². The summed E-state index contributed by atoms with van der Waals surface area (Å²) in [5.74, 6) is 1.63. The minimum atomic E-state index is 0.276. The second kappa shape index (κ2) is 37.2. The molecule has 0 spiro atoms. The smallest absolute Gasteiger partial charge is 0.233 e. The van der Waals surface area contributed by atoms with E-state index in [4.69, 9.17) is 54.9 Å². The van der Waals surface area contributed by atoms with Crippen molar-refractivity contribution in [2.24, 2.45) is 35.2 Å². The molecule has 670 valence electrons. The number of rotatable bonds is 10. The maximum absolute atomic E-state index is 7.79. The van der Waals surface area contributed by atoms with Crippen molar-refractivity contribution in [3.63, 3.8) is 0 Å². The Kier molecular flexibility index (Phi) is 25.5. The van der Waals surface area contributed by atoms with Gasteiger partial charge in [0.1, 0.15) is 91.1 Å². The third-order valence-electron chi connectivity index (χ3n) is 26.7. The number of fused-ring (bicyclic) bond motifs is 15. The Morgan fingerprint density at radius 2 is 0.593 bits per heavy atom. The molecule has 0 aliphatic rings. The van der Waals surface area contributed by atoms with Crippen molar-refractivity contribution in [2.75, 3.05) is 0 Å². The Hall–Kier alpha value is -15.6. The lowest BCUT2D eigenvalue weighted by Gasteiger charge is -2.13. The van der Waals surface area contributed by atoms with Crippen LogP contribution < -0.4 is 22.8 Å². The third kappa shape index (κ3) is 16.3. The largest absolute Gasteiger partial charge is 0.466 e. The monoisotopic (exact) mass is 1780 g/mol. The second-order valence-electron chi connectivity index (χ2n) is 37.7. The minimum Gasteiger partial charge on any atom is -0.466 e. The summed E-state index contributed by atoms with van der Waals surface area (Å²) in [5.41, 5.74) is 39.4. The molecule has 10 aromatic carbocycles. The van der Waals surface area contributed by atoms with E-state index in [0.717, 1.165) is 194 Å². The van der Waals surface area contributed by atoms with Crippen LogP contribution in [0.15, 0.2) is 235 Å². The van der Waals surface area contributed by atoms with Crippen LogP contribution in [-0.2, 0) is 35.2 Å². The fourth-order valence-electron chi connectivity index (χ4n) is 20.3. The lowest BCUT2D eigenvalue weighted by molar-refractivity contribution is -0.660. The van der Waals surface area contributed by atoms with Crippen LogP contribution in [0.2, 0.25) is 0 Å². The maximum Gasteiger partial charge on any atom is 0.233 e. The van der Waals surface area contributed by atoms with Gasteiger partial charge in [-0.1, -0.05) is 159 Å². The molecule has 10 aromatic heterocycles. The number of hydrogen-bond donors (Lipinski definition) is 0. The zero-order chi connectivity index (χ0) is 96.5. The molecule has 0 saturated carbocycles. The minimum absolute atomic E-state index is 0.276. The average Bonchev–Trinajstić information content (AvgIpc) is 1.59. The molecule has 0 radical (unpaired) electrons. The predicted octanol–water partition coefficient (Wildman–Crippen LogP) is 31.8. The van der Waals surface area contributed by atoms with Gasteiger partial charge in [-0.25, -0.2) is 47.1 Å². The number of aromatic nitrogens is 5. The Morgan fingerprint density at radius 3 is 1.03 bits per heavy atom. The van der Waals surface area contributed by atoms with Gasteiger partial charge < -0.3 is 22.1 Å². The van der Waals surface area contributed by atoms with E-state index in [2.05, 4.69) is 295 Å². The molecule has 0 aliphatic heterocycles.